The summed E-state index contributed by atoms with van der Waals surface area (Å²) in [5, 5.41) is 3.84. The summed E-state index contributed by atoms with van der Waals surface area (Å²) < 4.78 is 5.37. The molecule has 0 aromatic rings. The van der Waals surface area contributed by atoms with E-state index in [0.717, 1.165) is 19.1 Å². The van der Waals surface area contributed by atoms with Crippen molar-refractivity contribution in [3.63, 3.8) is 0 Å². The van der Waals surface area contributed by atoms with Gasteiger partial charge in [-0.05, 0) is 39.0 Å². The highest BCUT2D eigenvalue weighted by Crippen LogP contribution is 2.41. The highest BCUT2D eigenvalue weighted by atomic mass is 16.5. The SMILES string of the molecule is CCCC1CNC(C)(C2CC2)CN1C(C)COC. The first-order valence-electron chi connectivity index (χ1n) is 7.60. The second kappa shape index (κ2) is 5.89. The van der Waals surface area contributed by atoms with E-state index in [0.29, 0.717) is 17.6 Å². The summed E-state index contributed by atoms with van der Waals surface area (Å²) in [5.74, 6) is 0.900. The molecule has 3 nitrogen and oxygen atoms in total. The third-order valence-corrected chi connectivity index (χ3v) is 4.80. The van der Waals surface area contributed by atoms with Crippen molar-refractivity contribution in [1.29, 1.82) is 0 Å². The molecule has 1 aliphatic carbocycles. The molecule has 106 valence electrons. The Labute approximate surface area is 112 Å². The lowest BCUT2D eigenvalue weighted by molar-refractivity contribution is 0.00989. The van der Waals surface area contributed by atoms with Gasteiger partial charge in [0.15, 0.2) is 0 Å². The second-order valence-electron chi connectivity index (χ2n) is 6.49. The number of rotatable bonds is 6. The first-order valence-corrected chi connectivity index (χ1v) is 7.60. The lowest BCUT2D eigenvalue weighted by Gasteiger charge is -2.49. The molecule has 1 heterocycles. The Balaban J connectivity index is 2.02. The molecule has 1 N–H and O–H groups in total. The van der Waals surface area contributed by atoms with Gasteiger partial charge in [-0.2, -0.15) is 0 Å². The summed E-state index contributed by atoms with van der Waals surface area (Å²) in [4.78, 5) is 2.70. The van der Waals surface area contributed by atoms with Crippen LogP contribution in [0.15, 0.2) is 0 Å². The number of methoxy groups -OCH3 is 1. The van der Waals surface area contributed by atoms with E-state index >= 15 is 0 Å². The predicted octanol–water partition coefficient (Wildman–Crippen LogP) is 2.26. The zero-order chi connectivity index (χ0) is 13.2. The Morgan fingerprint density at radius 1 is 1.44 bits per heavy atom. The number of ether oxygens (including phenoxy) is 1. The van der Waals surface area contributed by atoms with E-state index in [1.54, 1.807) is 0 Å². The third kappa shape index (κ3) is 3.06. The summed E-state index contributed by atoms with van der Waals surface area (Å²) in [6.45, 7) is 10.2. The molecule has 0 spiro atoms. The van der Waals surface area contributed by atoms with Crippen LogP contribution in [0.1, 0.15) is 46.5 Å². The molecule has 0 aromatic heterocycles. The van der Waals surface area contributed by atoms with Gasteiger partial charge in [-0.15, -0.1) is 0 Å². The smallest absolute Gasteiger partial charge is 0.0615 e. The van der Waals surface area contributed by atoms with Gasteiger partial charge in [0.2, 0.25) is 0 Å². The summed E-state index contributed by atoms with van der Waals surface area (Å²) in [6, 6.07) is 1.22. The maximum absolute atomic E-state index is 5.37. The number of hydrogen-bond donors (Lipinski definition) is 1. The molecule has 1 aliphatic heterocycles. The van der Waals surface area contributed by atoms with Gasteiger partial charge in [-0.25, -0.2) is 0 Å². The molecule has 2 rings (SSSR count). The van der Waals surface area contributed by atoms with Crippen molar-refractivity contribution < 1.29 is 4.74 Å². The minimum atomic E-state index is 0.340. The molecule has 3 heteroatoms. The van der Waals surface area contributed by atoms with Crippen molar-refractivity contribution in [3.8, 4) is 0 Å². The highest BCUT2D eigenvalue weighted by molar-refractivity contribution is 5.04. The molecule has 18 heavy (non-hydrogen) atoms. The quantitative estimate of drug-likeness (QED) is 0.787. The van der Waals surface area contributed by atoms with Crippen LogP contribution in [0.4, 0.5) is 0 Å². The minimum Gasteiger partial charge on any atom is -0.383 e. The molecule has 1 saturated heterocycles. The maximum Gasteiger partial charge on any atom is 0.0615 e. The van der Waals surface area contributed by atoms with E-state index in [1.165, 1.54) is 32.2 Å². The minimum absolute atomic E-state index is 0.340. The van der Waals surface area contributed by atoms with Crippen LogP contribution in [0.2, 0.25) is 0 Å². The normalized spacial score (nSPS) is 35.7. The van der Waals surface area contributed by atoms with Gasteiger partial charge in [0.25, 0.3) is 0 Å². The van der Waals surface area contributed by atoms with Crippen LogP contribution in [0.5, 0.6) is 0 Å². The van der Waals surface area contributed by atoms with Crippen molar-refractivity contribution >= 4 is 0 Å². The average Bonchev–Trinajstić information content (AvgIpc) is 3.16. The Kier molecular flexibility index (Phi) is 4.68. The van der Waals surface area contributed by atoms with Crippen molar-refractivity contribution in [2.45, 2.75) is 64.1 Å². The van der Waals surface area contributed by atoms with Gasteiger partial charge in [0, 0.05) is 37.8 Å². The molecule has 2 fully saturated rings. The van der Waals surface area contributed by atoms with Crippen LogP contribution < -0.4 is 5.32 Å². The van der Waals surface area contributed by atoms with Crippen molar-refractivity contribution in [2.24, 2.45) is 5.92 Å². The van der Waals surface area contributed by atoms with E-state index < -0.39 is 0 Å². The van der Waals surface area contributed by atoms with Gasteiger partial charge >= 0.3 is 0 Å². The number of hydrogen-bond acceptors (Lipinski definition) is 3. The second-order valence-corrected chi connectivity index (χ2v) is 6.49. The fourth-order valence-electron chi connectivity index (χ4n) is 3.48. The standard InChI is InChI=1S/C15H30N2O/c1-5-6-14-9-16-15(3,13-7-8-13)11-17(14)12(2)10-18-4/h12-14,16H,5-11H2,1-4H3. The van der Waals surface area contributed by atoms with Gasteiger partial charge in [-0.1, -0.05) is 13.3 Å². The van der Waals surface area contributed by atoms with Crippen LogP contribution in [-0.4, -0.2) is 49.3 Å². The Hall–Kier alpha value is -0.120. The molecule has 0 amide bonds. The monoisotopic (exact) mass is 254 g/mol. The van der Waals surface area contributed by atoms with Crippen LogP contribution in [0, 0.1) is 5.92 Å². The van der Waals surface area contributed by atoms with E-state index in [-0.39, 0.29) is 0 Å². The Bertz CT molecular complexity index is 267. The van der Waals surface area contributed by atoms with Crippen LogP contribution in [0.25, 0.3) is 0 Å². The summed E-state index contributed by atoms with van der Waals surface area (Å²) in [6.07, 6.45) is 5.38. The third-order valence-electron chi connectivity index (χ3n) is 4.80. The largest absolute Gasteiger partial charge is 0.383 e. The molecule has 3 unspecified atom stereocenters. The van der Waals surface area contributed by atoms with Crippen LogP contribution in [-0.2, 0) is 4.74 Å². The van der Waals surface area contributed by atoms with Gasteiger partial charge in [-0.3, -0.25) is 4.90 Å². The Morgan fingerprint density at radius 2 is 2.17 bits per heavy atom. The maximum atomic E-state index is 5.37. The molecule has 0 aromatic carbocycles. The van der Waals surface area contributed by atoms with Crippen molar-refractivity contribution in [3.05, 3.63) is 0 Å². The van der Waals surface area contributed by atoms with Crippen molar-refractivity contribution in [1.82, 2.24) is 10.2 Å². The van der Waals surface area contributed by atoms with E-state index in [4.69, 9.17) is 4.74 Å². The number of nitrogens with one attached hydrogen (secondary N) is 1. The summed E-state index contributed by atoms with van der Waals surface area (Å²) >= 11 is 0. The lowest BCUT2D eigenvalue weighted by Crippen LogP contribution is -2.66. The Morgan fingerprint density at radius 3 is 2.72 bits per heavy atom. The molecular weight excluding hydrogens is 224 g/mol. The van der Waals surface area contributed by atoms with Crippen molar-refractivity contribution in [2.75, 3.05) is 26.8 Å². The highest BCUT2D eigenvalue weighted by Gasteiger charge is 2.46. The molecule has 1 saturated carbocycles. The van der Waals surface area contributed by atoms with Crippen LogP contribution in [0.3, 0.4) is 0 Å². The number of nitrogens with zero attached hydrogens (tertiary/aromatic N) is 1. The van der Waals surface area contributed by atoms with E-state index in [9.17, 15) is 0 Å². The van der Waals surface area contributed by atoms with Gasteiger partial charge < -0.3 is 10.1 Å². The molecular formula is C15H30N2O. The van der Waals surface area contributed by atoms with Crippen LogP contribution >= 0.6 is 0 Å². The summed E-state index contributed by atoms with van der Waals surface area (Å²) in [5.41, 5.74) is 0.340. The predicted molar refractivity (Wildman–Crippen MR) is 75.9 cm³/mol. The lowest BCUT2D eigenvalue weighted by atomic mass is 9.89. The first-order chi connectivity index (χ1) is 8.60. The molecule has 0 radical (unpaired) electrons. The summed E-state index contributed by atoms with van der Waals surface area (Å²) in [7, 11) is 1.81. The molecule has 2 aliphatic rings. The fourth-order valence-corrected chi connectivity index (χ4v) is 3.48. The molecule has 0 bridgehead atoms. The first kappa shape index (κ1) is 14.3. The van der Waals surface area contributed by atoms with E-state index in [2.05, 4.69) is 31.0 Å². The molecule has 3 atom stereocenters. The topological polar surface area (TPSA) is 24.5 Å². The number of piperazine rings is 1. The zero-order valence-corrected chi connectivity index (χ0v) is 12.5. The van der Waals surface area contributed by atoms with E-state index in [1.807, 2.05) is 7.11 Å². The average molecular weight is 254 g/mol. The van der Waals surface area contributed by atoms with Gasteiger partial charge in [0.1, 0.15) is 0 Å². The zero-order valence-electron chi connectivity index (χ0n) is 12.5. The fraction of sp³-hybridized carbons (Fsp3) is 1.00. The van der Waals surface area contributed by atoms with Gasteiger partial charge in [0.05, 0.1) is 6.61 Å².